The van der Waals surface area contributed by atoms with E-state index in [-0.39, 0.29) is 11.1 Å². The van der Waals surface area contributed by atoms with Crippen LogP contribution >= 0.6 is 11.6 Å². The van der Waals surface area contributed by atoms with Gasteiger partial charge in [-0.3, -0.25) is 19.0 Å². The monoisotopic (exact) mass is 394 g/mol. The number of pyridine rings is 1. The Balaban J connectivity index is 1.98. The van der Waals surface area contributed by atoms with Crippen LogP contribution in [-0.4, -0.2) is 16.3 Å². The first-order valence-corrected chi connectivity index (χ1v) is 9.17. The van der Waals surface area contributed by atoms with Gasteiger partial charge in [-0.2, -0.15) is 0 Å². The Morgan fingerprint density at radius 1 is 0.929 bits per heavy atom. The highest BCUT2D eigenvalue weighted by atomic mass is 35.5. The lowest BCUT2D eigenvalue weighted by molar-refractivity contribution is -0.123. The number of nitrogens with one attached hydrogen (secondary N) is 1. The highest BCUT2D eigenvalue weighted by Gasteiger charge is 2.31. The quantitative estimate of drug-likeness (QED) is 0.510. The van der Waals surface area contributed by atoms with Crippen LogP contribution in [-0.2, 0) is 4.79 Å². The zero-order valence-corrected chi connectivity index (χ0v) is 16.0. The van der Waals surface area contributed by atoms with E-state index in [2.05, 4.69) is 5.32 Å². The van der Waals surface area contributed by atoms with E-state index in [4.69, 9.17) is 11.6 Å². The summed E-state index contributed by atoms with van der Waals surface area (Å²) in [6, 6.07) is 18.7. The van der Waals surface area contributed by atoms with E-state index < -0.39 is 23.3 Å². The van der Waals surface area contributed by atoms with Crippen LogP contribution in [0.1, 0.15) is 34.9 Å². The van der Waals surface area contributed by atoms with Gasteiger partial charge < -0.3 is 5.32 Å². The van der Waals surface area contributed by atoms with Crippen LogP contribution < -0.4 is 10.9 Å². The van der Waals surface area contributed by atoms with Gasteiger partial charge in [0.2, 0.25) is 0 Å². The SMILES string of the molecule is CC(NC(=O)C(C(=O)c1ccccc1)n1cc(Cl)ccc1=O)c1ccccc1. The number of carbonyl (C=O) groups is 2. The maximum absolute atomic E-state index is 13.1. The average Bonchev–Trinajstić information content (AvgIpc) is 2.72. The molecular formula is C22H19ClN2O3. The summed E-state index contributed by atoms with van der Waals surface area (Å²) in [6.07, 6.45) is 1.31. The van der Waals surface area contributed by atoms with Crippen molar-refractivity contribution in [1.29, 1.82) is 0 Å². The van der Waals surface area contributed by atoms with Crippen molar-refractivity contribution in [1.82, 2.24) is 9.88 Å². The number of hydrogen-bond donors (Lipinski definition) is 1. The molecule has 0 spiro atoms. The second kappa shape index (κ2) is 8.67. The van der Waals surface area contributed by atoms with E-state index in [0.717, 1.165) is 10.1 Å². The minimum Gasteiger partial charge on any atom is -0.347 e. The molecule has 6 heteroatoms. The van der Waals surface area contributed by atoms with Crippen molar-refractivity contribution >= 4 is 23.3 Å². The molecule has 1 heterocycles. The minimum atomic E-state index is -1.36. The van der Waals surface area contributed by atoms with Crippen LogP contribution in [0.15, 0.2) is 83.8 Å². The molecule has 0 bridgehead atoms. The first-order valence-electron chi connectivity index (χ1n) is 8.79. The van der Waals surface area contributed by atoms with E-state index in [1.54, 1.807) is 30.3 Å². The number of amides is 1. The molecule has 0 radical (unpaired) electrons. The Morgan fingerprint density at radius 2 is 1.54 bits per heavy atom. The smallest absolute Gasteiger partial charge is 0.251 e. The third-order valence-corrected chi connectivity index (χ3v) is 4.62. The zero-order chi connectivity index (χ0) is 20.1. The Bertz CT molecular complexity index is 1030. The number of nitrogens with zero attached hydrogens (tertiary/aromatic N) is 1. The Hall–Kier alpha value is -3.18. The number of hydrogen-bond acceptors (Lipinski definition) is 3. The van der Waals surface area contributed by atoms with Gasteiger partial charge in [0.15, 0.2) is 11.8 Å². The van der Waals surface area contributed by atoms with Gasteiger partial charge in [-0.15, -0.1) is 0 Å². The lowest BCUT2D eigenvalue weighted by atomic mass is 10.0. The summed E-state index contributed by atoms with van der Waals surface area (Å²) in [5.41, 5.74) is 0.739. The number of carbonyl (C=O) groups excluding carboxylic acids is 2. The van der Waals surface area contributed by atoms with Crippen molar-refractivity contribution in [2.45, 2.75) is 19.0 Å². The first-order chi connectivity index (χ1) is 13.5. The molecule has 3 aromatic rings. The Morgan fingerprint density at radius 3 is 2.18 bits per heavy atom. The van der Waals surface area contributed by atoms with Gasteiger partial charge in [-0.25, -0.2) is 0 Å². The molecule has 1 N–H and O–H groups in total. The van der Waals surface area contributed by atoms with Crippen LogP contribution in [0.5, 0.6) is 0 Å². The Labute approximate surface area is 167 Å². The van der Waals surface area contributed by atoms with E-state index in [1.807, 2.05) is 37.3 Å². The molecule has 142 valence electrons. The van der Waals surface area contributed by atoms with Crippen molar-refractivity contribution in [3.63, 3.8) is 0 Å². The van der Waals surface area contributed by atoms with Gasteiger partial charge >= 0.3 is 0 Å². The molecule has 0 saturated heterocycles. The number of ketones is 1. The maximum atomic E-state index is 13.1. The van der Waals surface area contributed by atoms with E-state index in [0.29, 0.717) is 5.56 Å². The fourth-order valence-corrected chi connectivity index (χ4v) is 3.10. The van der Waals surface area contributed by atoms with Crippen molar-refractivity contribution < 1.29 is 9.59 Å². The molecular weight excluding hydrogens is 376 g/mol. The normalized spacial score (nSPS) is 12.8. The molecule has 1 aromatic heterocycles. The summed E-state index contributed by atoms with van der Waals surface area (Å²) in [6.45, 7) is 1.82. The molecule has 0 aliphatic carbocycles. The fourth-order valence-electron chi connectivity index (χ4n) is 2.93. The standard InChI is InChI=1S/C22H19ClN2O3/c1-15(16-8-4-2-5-9-16)24-22(28)20(21(27)17-10-6-3-7-11-17)25-14-18(23)12-13-19(25)26/h2-15,20H,1H3,(H,24,28). The molecule has 2 aromatic carbocycles. The molecule has 0 aliphatic heterocycles. The van der Waals surface area contributed by atoms with Crippen molar-refractivity contribution in [2.75, 3.05) is 0 Å². The average molecular weight is 395 g/mol. The molecule has 1 amide bonds. The summed E-state index contributed by atoms with van der Waals surface area (Å²) >= 11 is 6.02. The maximum Gasteiger partial charge on any atom is 0.251 e. The van der Waals surface area contributed by atoms with Crippen molar-refractivity contribution in [2.24, 2.45) is 0 Å². The minimum absolute atomic E-state index is 0.259. The van der Waals surface area contributed by atoms with Crippen LogP contribution in [0.3, 0.4) is 0 Å². The number of rotatable bonds is 6. The summed E-state index contributed by atoms with van der Waals surface area (Å²) in [5, 5.41) is 3.09. The molecule has 0 fully saturated rings. The van der Waals surface area contributed by atoms with Gasteiger partial charge in [0.1, 0.15) is 0 Å². The van der Waals surface area contributed by atoms with Gasteiger partial charge in [0.05, 0.1) is 11.1 Å². The van der Waals surface area contributed by atoms with Gasteiger partial charge in [0.25, 0.3) is 11.5 Å². The molecule has 3 rings (SSSR count). The second-order valence-electron chi connectivity index (χ2n) is 6.37. The molecule has 28 heavy (non-hydrogen) atoms. The second-order valence-corrected chi connectivity index (χ2v) is 6.80. The molecule has 0 aliphatic rings. The predicted octanol–water partition coefficient (Wildman–Crippen LogP) is 3.80. The third-order valence-electron chi connectivity index (χ3n) is 4.39. The number of benzene rings is 2. The largest absolute Gasteiger partial charge is 0.347 e. The first kappa shape index (κ1) is 19.6. The van der Waals surface area contributed by atoms with Gasteiger partial charge in [0, 0.05) is 17.8 Å². The van der Waals surface area contributed by atoms with Gasteiger partial charge in [-0.1, -0.05) is 72.3 Å². The summed E-state index contributed by atoms with van der Waals surface area (Å²) in [7, 11) is 0. The highest BCUT2D eigenvalue weighted by Crippen LogP contribution is 2.18. The number of halogens is 1. The van der Waals surface area contributed by atoms with E-state index in [9.17, 15) is 14.4 Å². The van der Waals surface area contributed by atoms with E-state index in [1.165, 1.54) is 18.3 Å². The number of Topliss-reactive ketones (excluding diaryl/α,β-unsaturated/α-hetero) is 1. The summed E-state index contributed by atoms with van der Waals surface area (Å²) < 4.78 is 1.07. The van der Waals surface area contributed by atoms with Crippen LogP contribution in [0.2, 0.25) is 5.02 Å². The number of aromatic nitrogens is 1. The summed E-state index contributed by atoms with van der Waals surface area (Å²) in [4.78, 5) is 38.6. The highest BCUT2D eigenvalue weighted by molar-refractivity contribution is 6.30. The lowest BCUT2D eigenvalue weighted by Gasteiger charge is -2.22. The van der Waals surface area contributed by atoms with Crippen LogP contribution in [0, 0.1) is 0 Å². The van der Waals surface area contributed by atoms with Crippen LogP contribution in [0.25, 0.3) is 0 Å². The fraction of sp³-hybridized carbons (Fsp3) is 0.136. The predicted molar refractivity (Wildman–Crippen MR) is 109 cm³/mol. The molecule has 0 saturated carbocycles. The van der Waals surface area contributed by atoms with Crippen molar-refractivity contribution in [3.05, 3.63) is 105 Å². The molecule has 5 nitrogen and oxygen atoms in total. The van der Waals surface area contributed by atoms with Gasteiger partial charge in [-0.05, 0) is 18.6 Å². The van der Waals surface area contributed by atoms with Crippen LogP contribution in [0.4, 0.5) is 0 Å². The van der Waals surface area contributed by atoms with E-state index >= 15 is 0 Å². The zero-order valence-electron chi connectivity index (χ0n) is 15.2. The molecule has 2 atom stereocenters. The lowest BCUT2D eigenvalue weighted by Crippen LogP contribution is -2.42. The summed E-state index contributed by atoms with van der Waals surface area (Å²) in [5.74, 6) is -1.06. The van der Waals surface area contributed by atoms with Crippen molar-refractivity contribution in [3.8, 4) is 0 Å². The molecule has 2 unspecified atom stereocenters. The third kappa shape index (κ3) is 4.38. The topological polar surface area (TPSA) is 68.2 Å². The Kier molecular flexibility index (Phi) is 6.06.